The molecule has 2 N–H and O–H groups in total. The SMILES string of the molecule is NCC1CCCCC1COCc1ccc(Cl)c(Cl)c1. The minimum Gasteiger partial charge on any atom is -0.376 e. The van der Waals surface area contributed by atoms with Crippen LogP contribution in [0.25, 0.3) is 0 Å². The highest BCUT2D eigenvalue weighted by Crippen LogP contribution is 2.30. The largest absolute Gasteiger partial charge is 0.376 e. The summed E-state index contributed by atoms with van der Waals surface area (Å²) < 4.78 is 5.83. The minimum absolute atomic E-state index is 0.584. The Kier molecular flexibility index (Phi) is 5.96. The third-order valence-electron chi connectivity index (χ3n) is 3.95. The van der Waals surface area contributed by atoms with E-state index in [2.05, 4.69) is 0 Å². The molecule has 0 heterocycles. The molecule has 4 heteroatoms. The predicted octanol–water partition coefficient (Wildman–Crippen LogP) is 4.28. The molecule has 0 radical (unpaired) electrons. The van der Waals surface area contributed by atoms with Crippen LogP contribution < -0.4 is 5.73 Å². The van der Waals surface area contributed by atoms with Crippen LogP contribution in [0.5, 0.6) is 0 Å². The molecule has 2 nitrogen and oxygen atoms in total. The van der Waals surface area contributed by atoms with E-state index in [1.807, 2.05) is 18.2 Å². The van der Waals surface area contributed by atoms with Gasteiger partial charge in [-0.1, -0.05) is 42.1 Å². The molecule has 106 valence electrons. The average Bonchev–Trinajstić information content (AvgIpc) is 2.43. The first kappa shape index (κ1) is 15.1. The molecule has 0 amide bonds. The molecule has 0 saturated heterocycles. The first-order valence-corrected chi connectivity index (χ1v) is 7.68. The van der Waals surface area contributed by atoms with Gasteiger partial charge in [0.05, 0.1) is 23.3 Å². The molecular formula is C15H21Cl2NO. The molecule has 0 spiro atoms. The maximum Gasteiger partial charge on any atom is 0.0717 e. The van der Waals surface area contributed by atoms with Gasteiger partial charge in [-0.05, 0) is 48.9 Å². The lowest BCUT2D eigenvalue weighted by Crippen LogP contribution is -2.29. The van der Waals surface area contributed by atoms with E-state index in [4.69, 9.17) is 33.7 Å². The summed E-state index contributed by atoms with van der Waals surface area (Å²) in [5.74, 6) is 1.24. The summed E-state index contributed by atoms with van der Waals surface area (Å²) in [5, 5.41) is 1.17. The van der Waals surface area contributed by atoms with Crippen molar-refractivity contribution in [2.45, 2.75) is 32.3 Å². The van der Waals surface area contributed by atoms with Gasteiger partial charge in [-0.15, -0.1) is 0 Å². The van der Waals surface area contributed by atoms with Crippen molar-refractivity contribution in [3.8, 4) is 0 Å². The quantitative estimate of drug-likeness (QED) is 0.881. The van der Waals surface area contributed by atoms with Crippen molar-refractivity contribution in [1.29, 1.82) is 0 Å². The molecule has 1 aromatic carbocycles. The second-order valence-corrected chi connectivity index (χ2v) is 6.12. The lowest BCUT2D eigenvalue weighted by atomic mass is 9.80. The van der Waals surface area contributed by atoms with E-state index in [0.29, 0.717) is 28.5 Å². The molecule has 1 saturated carbocycles. The van der Waals surface area contributed by atoms with Crippen LogP contribution >= 0.6 is 23.2 Å². The Morgan fingerprint density at radius 3 is 2.53 bits per heavy atom. The number of halogens is 2. The Labute approximate surface area is 125 Å². The molecule has 0 aliphatic heterocycles. The second kappa shape index (κ2) is 7.49. The number of ether oxygens (including phenoxy) is 1. The van der Waals surface area contributed by atoms with Gasteiger partial charge in [-0.2, -0.15) is 0 Å². The fraction of sp³-hybridized carbons (Fsp3) is 0.600. The Morgan fingerprint density at radius 1 is 1.11 bits per heavy atom. The van der Waals surface area contributed by atoms with Crippen molar-refractivity contribution in [3.05, 3.63) is 33.8 Å². The maximum atomic E-state index is 5.98. The van der Waals surface area contributed by atoms with Gasteiger partial charge < -0.3 is 10.5 Å². The van der Waals surface area contributed by atoms with Crippen LogP contribution in [-0.2, 0) is 11.3 Å². The molecule has 1 fully saturated rings. The molecule has 0 aromatic heterocycles. The third kappa shape index (κ3) is 4.35. The van der Waals surface area contributed by atoms with E-state index < -0.39 is 0 Å². The van der Waals surface area contributed by atoms with E-state index in [0.717, 1.165) is 18.7 Å². The van der Waals surface area contributed by atoms with Crippen LogP contribution in [0.3, 0.4) is 0 Å². The summed E-state index contributed by atoms with van der Waals surface area (Å²) in [6.45, 7) is 2.16. The highest BCUT2D eigenvalue weighted by molar-refractivity contribution is 6.42. The van der Waals surface area contributed by atoms with Gasteiger partial charge in [0.2, 0.25) is 0 Å². The topological polar surface area (TPSA) is 35.2 Å². The first-order valence-electron chi connectivity index (χ1n) is 6.92. The summed E-state index contributed by atoms with van der Waals surface area (Å²) in [6.07, 6.45) is 5.10. The fourth-order valence-corrected chi connectivity index (χ4v) is 3.09. The molecule has 1 aliphatic rings. The summed E-state index contributed by atoms with van der Waals surface area (Å²) in [7, 11) is 0. The van der Waals surface area contributed by atoms with Crippen molar-refractivity contribution in [3.63, 3.8) is 0 Å². The molecule has 19 heavy (non-hydrogen) atoms. The van der Waals surface area contributed by atoms with Gasteiger partial charge in [0, 0.05) is 0 Å². The van der Waals surface area contributed by atoms with Crippen LogP contribution in [0.4, 0.5) is 0 Å². The summed E-state index contributed by atoms with van der Waals surface area (Å²) >= 11 is 11.9. The number of nitrogens with two attached hydrogens (primary N) is 1. The van der Waals surface area contributed by atoms with E-state index in [1.165, 1.54) is 25.7 Å². The average molecular weight is 302 g/mol. The fourth-order valence-electron chi connectivity index (χ4n) is 2.77. The lowest BCUT2D eigenvalue weighted by Gasteiger charge is -2.30. The van der Waals surface area contributed by atoms with Crippen LogP contribution in [0.2, 0.25) is 10.0 Å². The zero-order chi connectivity index (χ0) is 13.7. The van der Waals surface area contributed by atoms with Gasteiger partial charge in [0.25, 0.3) is 0 Å². The summed E-state index contributed by atoms with van der Waals surface area (Å²) in [6, 6.07) is 5.63. The van der Waals surface area contributed by atoms with Crippen LogP contribution in [0, 0.1) is 11.8 Å². The van der Waals surface area contributed by atoms with Crippen molar-refractivity contribution >= 4 is 23.2 Å². The van der Waals surface area contributed by atoms with Gasteiger partial charge in [-0.25, -0.2) is 0 Å². The molecule has 2 atom stereocenters. The van der Waals surface area contributed by atoms with E-state index >= 15 is 0 Å². The molecule has 0 bridgehead atoms. The Morgan fingerprint density at radius 2 is 1.84 bits per heavy atom. The van der Waals surface area contributed by atoms with E-state index in [1.54, 1.807) is 0 Å². The summed E-state index contributed by atoms with van der Waals surface area (Å²) in [4.78, 5) is 0. The van der Waals surface area contributed by atoms with Gasteiger partial charge in [0.15, 0.2) is 0 Å². The number of benzene rings is 1. The van der Waals surface area contributed by atoms with Crippen LogP contribution in [0.1, 0.15) is 31.2 Å². The Bertz CT molecular complexity index is 411. The van der Waals surface area contributed by atoms with Crippen molar-refractivity contribution < 1.29 is 4.74 Å². The number of hydrogen-bond acceptors (Lipinski definition) is 2. The number of hydrogen-bond donors (Lipinski definition) is 1. The summed E-state index contributed by atoms with van der Waals surface area (Å²) in [5.41, 5.74) is 6.89. The molecule has 1 aromatic rings. The highest BCUT2D eigenvalue weighted by atomic mass is 35.5. The first-order chi connectivity index (χ1) is 9.20. The van der Waals surface area contributed by atoms with Crippen molar-refractivity contribution in [2.24, 2.45) is 17.6 Å². The zero-order valence-corrected chi connectivity index (χ0v) is 12.6. The smallest absolute Gasteiger partial charge is 0.0717 e. The monoisotopic (exact) mass is 301 g/mol. The number of rotatable bonds is 5. The lowest BCUT2D eigenvalue weighted by molar-refractivity contribution is 0.0512. The highest BCUT2D eigenvalue weighted by Gasteiger charge is 2.23. The Hall–Kier alpha value is -0.280. The molecular weight excluding hydrogens is 281 g/mol. The van der Waals surface area contributed by atoms with Gasteiger partial charge >= 0.3 is 0 Å². The van der Waals surface area contributed by atoms with Crippen LogP contribution in [-0.4, -0.2) is 13.2 Å². The minimum atomic E-state index is 0.584. The van der Waals surface area contributed by atoms with Gasteiger partial charge in [-0.3, -0.25) is 0 Å². The second-order valence-electron chi connectivity index (χ2n) is 5.30. The standard InChI is InChI=1S/C15H21Cl2NO/c16-14-6-5-11(7-15(14)17)9-19-10-13-4-2-1-3-12(13)8-18/h5-7,12-13H,1-4,8-10,18H2. The Balaban J connectivity index is 1.80. The van der Waals surface area contributed by atoms with E-state index in [9.17, 15) is 0 Å². The molecule has 1 aliphatic carbocycles. The normalized spacial score (nSPS) is 23.5. The van der Waals surface area contributed by atoms with Crippen LogP contribution in [0.15, 0.2) is 18.2 Å². The van der Waals surface area contributed by atoms with Gasteiger partial charge in [0.1, 0.15) is 0 Å². The predicted molar refractivity (Wildman–Crippen MR) is 80.6 cm³/mol. The van der Waals surface area contributed by atoms with Crippen molar-refractivity contribution in [2.75, 3.05) is 13.2 Å². The molecule has 2 unspecified atom stereocenters. The van der Waals surface area contributed by atoms with E-state index in [-0.39, 0.29) is 0 Å². The molecule has 2 rings (SSSR count). The third-order valence-corrected chi connectivity index (χ3v) is 4.69. The zero-order valence-electron chi connectivity index (χ0n) is 11.1. The van der Waals surface area contributed by atoms with Crippen molar-refractivity contribution in [1.82, 2.24) is 0 Å². The maximum absolute atomic E-state index is 5.98.